The van der Waals surface area contributed by atoms with E-state index in [1.807, 2.05) is 24.3 Å². The number of hydrogen-bond donors (Lipinski definition) is 3. The molecule has 0 radical (unpaired) electrons. The van der Waals surface area contributed by atoms with Crippen molar-refractivity contribution in [1.29, 1.82) is 0 Å². The molecule has 19 heavy (non-hydrogen) atoms. The zero-order valence-electron chi connectivity index (χ0n) is 10.9. The molecule has 5 nitrogen and oxygen atoms in total. The molecule has 0 saturated carbocycles. The molecule has 2 amide bonds. The van der Waals surface area contributed by atoms with E-state index in [-0.39, 0.29) is 0 Å². The average molecular weight is 260 g/mol. The Bertz CT molecular complexity index is 451. The van der Waals surface area contributed by atoms with Crippen molar-refractivity contribution in [2.75, 3.05) is 30.3 Å². The second-order valence-corrected chi connectivity index (χ2v) is 5.46. The molecule has 5 heteroatoms. The number of benzene rings is 1. The maximum absolute atomic E-state index is 10.7. The second-order valence-electron chi connectivity index (χ2n) is 5.46. The molecular formula is C14H20N4O. The lowest BCUT2D eigenvalue weighted by Crippen LogP contribution is -2.53. The van der Waals surface area contributed by atoms with Gasteiger partial charge in [0.2, 0.25) is 0 Å². The number of rotatable bonds is 3. The second kappa shape index (κ2) is 5.09. The number of hydrogen-bond acceptors (Lipinski definition) is 3. The molecule has 3 aliphatic heterocycles. The van der Waals surface area contributed by atoms with Gasteiger partial charge in [0.05, 0.1) is 0 Å². The van der Waals surface area contributed by atoms with Gasteiger partial charge >= 0.3 is 6.03 Å². The number of nitrogens with zero attached hydrogens (tertiary/aromatic N) is 1. The van der Waals surface area contributed by atoms with E-state index in [9.17, 15) is 4.79 Å². The largest absolute Gasteiger partial charge is 0.381 e. The molecule has 4 rings (SSSR count). The summed E-state index contributed by atoms with van der Waals surface area (Å²) in [4.78, 5) is 13.3. The van der Waals surface area contributed by atoms with Crippen LogP contribution in [0.4, 0.5) is 16.2 Å². The standard InChI is InChI=1S/C14H20N4O/c15-14(19)17-12-3-1-11(2-4-12)16-13-9-18-7-5-10(13)6-8-18/h1-4,10,13,16H,5-9H2,(H3,15,17,19). The highest BCUT2D eigenvalue weighted by Crippen LogP contribution is 2.29. The van der Waals surface area contributed by atoms with Crippen LogP contribution in [0.3, 0.4) is 0 Å². The molecule has 3 saturated heterocycles. The number of carbonyl (C=O) groups is 1. The number of carbonyl (C=O) groups excluding carboxylic acids is 1. The minimum absolute atomic E-state index is 0.530. The van der Waals surface area contributed by atoms with Gasteiger partial charge in [-0.1, -0.05) is 0 Å². The van der Waals surface area contributed by atoms with Gasteiger partial charge in [-0.05, 0) is 56.1 Å². The van der Waals surface area contributed by atoms with Gasteiger partial charge in [0.25, 0.3) is 0 Å². The highest BCUT2D eigenvalue weighted by molar-refractivity contribution is 5.87. The Hall–Kier alpha value is -1.75. The maximum atomic E-state index is 10.7. The Labute approximate surface area is 113 Å². The van der Waals surface area contributed by atoms with Crippen LogP contribution in [-0.2, 0) is 0 Å². The molecule has 3 aliphatic rings. The molecule has 0 aliphatic carbocycles. The van der Waals surface area contributed by atoms with Crippen LogP contribution in [0.25, 0.3) is 0 Å². The normalized spacial score (nSPS) is 28.9. The summed E-state index contributed by atoms with van der Waals surface area (Å²) in [5.41, 5.74) is 6.92. The summed E-state index contributed by atoms with van der Waals surface area (Å²) >= 11 is 0. The molecule has 4 N–H and O–H groups in total. The van der Waals surface area contributed by atoms with E-state index < -0.39 is 6.03 Å². The summed E-state index contributed by atoms with van der Waals surface area (Å²) in [5.74, 6) is 0.799. The van der Waals surface area contributed by atoms with Gasteiger partial charge in [0, 0.05) is 24.0 Å². The third kappa shape index (κ3) is 2.81. The Balaban J connectivity index is 1.62. The van der Waals surface area contributed by atoms with E-state index in [0.717, 1.165) is 23.8 Å². The van der Waals surface area contributed by atoms with E-state index in [1.54, 1.807) is 0 Å². The molecule has 3 fully saturated rings. The van der Waals surface area contributed by atoms with Crippen LogP contribution < -0.4 is 16.4 Å². The van der Waals surface area contributed by atoms with Crippen LogP contribution in [0, 0.1) is 5.92 Å². The first-order chi connectivity index (χ1) is 9.20. The number of nitrogens with one attached hydrogen (secondary N) is 2. The zero-order chi connectivity index (χ0) is 13.2. The fourth-order valence-corrected chi connectivity index (χ4v) is 3.13. The minimum Gasteiger partial charge on any atom is -0.381 e. The van der Waals surface area contributed by atoms with E-state index >= 15 is 0 Å². The first-order valence-electron chi connectivity index (χ1n) is 6.86. The van der Waals surface area contributed by atoms with Crippen LogP contribution in [-0.4, -0.2) is 36.6 Å². The smallest absolute Gasteiger partial charge is 0.316 e. The van der Waals surface area contributed by atoms with Gasteiger partial charge in [-0.25, -0.2) is 4.79 Å². The van der Waals surface area contributed by atoms with Crippen molar-refractivity contribution in [2.24, 2.45) is 11.7 Å². The number of urea groups is 1. The highest BCUT2D eigenvalue weighted by Gasteiger charge is 2.33. The predicted molar refractivity (Wildman–Crippen MR) is 76.2 cm³/mol. The fraction of sp³-hybridized carbons (Fsp3) is 0.500. The Kier molecular flexibility index (Phi) is 3.29. The summed E-state index contributed by atoms with van der Waals surface area (Å²) < 4.78 is 0. The Morgan fingerprint density at radius 1 is 1.16 bits per heavy atom. The maximum Gasteiger partial charge on any atom is 0.316 e. The first kappa shape index (κ1) is 12.3. The molecule has 0 spiro atoms. The van der Waals surface area contributed by atoms with Gasteiger partial charge in [-0.2, -0.15) is 0 Å². The zero-order valence-corrected chi connectivity index (χ0v) is 10.9. The average Bonchev–Trinajstić information content (AvgIpc) is 2.42. The third-order valence-corrected chi connectivity index (χ3v) is 4.16. The molecule has 1 aromatic rings. The molecular weight excluding hydrogens is 240 g/mol. The van der Waals surface area contributed by atoms with Crippen molar-refractivity contribution in [3.8, 4) is 0 Å². The van der Waals surface area contributed by atoms with Crippen LogP contribution >= 0.6 is 0 Å². The summed E-state index contributed by atoms with van der Waals surface area (Å²) in [7, 11) is 0. The number of piperidine rings is 3. The topological polar surface area (TPSA) is 70.4 Å². The minimum atomic E-state index is -0.530. The Morgan fingerprint density at radius 2 is 1.79 bits per heavy atom. The molecule has 2 bridgehead atoms. The van der Waals surface area contributed by atoms with E-state index in [0.29, 0.717) is 6.04 Å². The van der Waals surface area contributed by atoms with Gasteiger partial charge in [-0.15, -0.1) is 0 Å². The van der Waals surface area contributed by atoms with Gasteiger partial charge < -0.3 is 21.3 Å². The molecule has 102 valence electrons. The van der Waals surface area contributed by atoms with Crippen molar-refractivity contribution in [3.63, 3.8) is 0 Å². The van der Waals surface area contributed by atoms with Crippen LogP contribution in [0.5, 0.6) is 0 Å². The molecule has 1 atom stereocenters. The summed E-state index contributed by atoms with van der Waals surface area (Å²) in [6, 6.07) is 7.74. The quantitative estimate of drug-likeness (QED) is 0.774. The lowest BCUT2D eigenvalue weighted by molar-refractivity contribution is 0.0975. The number of anilines is 2. The van der Waals surface area contributed by atoms with Crippen molar-refractivity contribution >= 4 is 17.4 Å². The molecule has 3 heterocycles. The highest BCUT2D eigenvalue weighted by atomic mass is 16.2. The monoisotopic (exact) mass is 260 g/mol. The SMILES string of the molecule is NC(=O)Nc1ccc(NC2CN3CCC2CC3)cc1. The van der Waals surface area contributed by atoms with Crippen molar-refractivity contribution < 1.29 is 4.79 Å². The van der Waals surface area contributed by atoms with Crippen molar-refractivity contribution in [3.05, 3.63) is 24.3 Å². The molecule has 1 unspecified atom stereocenters. The number of fused-ring (bicyclic) bond motifs is 3. The van der Waals surface area contributed by atoms with E-state index in [4.69, 9.17) is 5.73 Å². The lowest BCUT2D eigenvalue weighted by atomic mass is 9.84. The van der Waals surface area contributed by atoms with Gasteiger partial charge in [0.1, 0.15) is 0 Å². The predicted octanol–water partition coefficient (Wildman–Crippen LogP) is 1.68. The van der Waals surface area contributed by atoms with Gasteiger partial charge in [0.15, 0.2) is 0 Å². The van der Waals surface area contributed by atoms with Gasteiger partial charge in [-0.3, -0.25) is 0 Å². The summed E-state index contributed by atoms with van der Waals surface area (Å²) in [6.07, 6.45) is 2.61. The summed E-state index contributed by atoms with van der Waals surface area (Å²) in [6.45, 7) is 3.65. The van der Waals surface area contributed by atoms with Crippen molar-refractivity contribution in [1.82, 2.24) is 4.90 Å². The molecule has 1 aromatic carbocycles. The van der Waals surface area contributed by atoms with Crippen LogP contribution in [0.2, 0.25) is 0 Å². The number of primary amides is 1. The number of nitrogens with two attached hydrogens (primary N) is 1. The van der Waals surface area contributed by atoms with E-state index in [2.05, 4.69) is 15.5 Å². The van der Waals surface area contributed by atoms with Crippen LogP contribution in [0.15, 0.2) is 24.3 Å². The van der Waals surface area contributed by atoms with Crippen LogP contribution in [0.1, 0.15) is 12.8 Å². The molecule has 0 aromatic heterocycles. The summed E-state index contributed by atoms with van der Waals surface area (Å²) in [5, 5.41) is 6.17. The number of amides is 2. The van der Waals surface area contributed by atoms with E-state index in [1.165, 1.54) is 25.9 Å². The third-order valence-electron chi connectivity index (χ3n) is 4.16. The Morgan fingerprint density at radius 3 is 2.32 bits per heavy atom. The van der Waals surface area contributed by atoms with Crippen molar-refractivity contribution in [2.45, 2.75) is 18.9 Å². The lowest BCUT2D eigenvalue weighted by Gasteiger charge is -2.45. The fourth-order valence-electron chi connectivity index (χ4n) is 3.13. The first-order valence-corrected chi connectivity index (χ1v) is 6.86.